The number of nitrogens with one attached hydrogen (secondary N) is 1. The van der Waals surface area contributed by atoms with Crippen molar-refractivity contribution in [1.29, 1.82) is 0 Å². The van der Waals surface area contributed by atoms with Crippen LogP contribution in [0.15, 0.2) is 12.1 Å². The number of imidazole rings is 1. The minimum absolute atomic E-state index is 0.188. The van der Waals surface area contributed by atoms with Crippen LogP contribution < -0.4 is 11.1 Å². The molecule has 1 aromatic heterocycles. The van der Waals surface area contributed by atoms with Crippen molar-refractivity contribution in [2.45, 2.75) is 39.3 Å². The zero-order valence-electron chi connectivity index (χ0n) is 12.4. The zero-order chi connectivity index (χ0) is 15.9. The van der Waals surface area contributed by atoms with E-state index in [1.807, 2.05) is 43.4 Å². The Labute approximate surface area is 136 Å². The van der Waals surface area contributed by atoms with Crippen molar-refractivity contribution in [1.82, 2.24) is 14.9 Å². The van der Waals surface area contributed by atoms with E-state index in [4.69, 9.17) is 5.73 Å². The average Bonchev–Trinajstić information content (AvgIpc) is 2.62. The summed E-state index contributed by atoms with van der Waals surface area (Å²) in [6.45, 7) is 7.41. The molecule has 0 saturated heterocycles. The van der Waals surface area contributed by atoms with E-state index in [1.54, 1.807) is 17.6 Å². The summed E-state index contributed by atoms with van der Waals surface area (Å²) in [5.41, 5.74) is 6.65. The van der Waals surface area contributed by atoms with Gasteiger partial charge < -0.3 is 11.1 Å². The molecule has 1 amide bonds. The fourth-order valence-electron chi connectivity index (χ4n) is 2.11. The van der Waals surface area contributed by atoms with Crippen molar-refractivity contribution < 1.29 is 9.18 Å². The molecule has 1 aromatic carbocycles. The molecule has 0 aliphatic carbocycles. The second-order valence-corrected chi connectivity index (χ2v) is 7.17. The lowest BCUT2D eigenvalue weighted by atomic mass is 10.1. The number of hydrogen-bond donors (Lipinski definition) is 2. The van der Waals surface area contributed by atoms with Crippen LogP contribution in [-0.4, -0.2) is 21.0 Å². The Kier molecular flexibility index (Phi) is 4.14. The van der Waals surface area contributed by atoms with Crippen LogP contribution in [0.5, 0.6) is 0 Å². The van der Waals surface area contributed by atoms with Crippen LogP contribution in [0.4, 0.5) is 10.3 Å². The number of benzene rings is 1. The summed E-state index contributed by atoms with van der Waals surface area (Å²) in [5.74, 6) is -0.344. The van der Waals surface area contributed by atoms with Crippen LogP contribution in [-0.2, 0) is 4.79 Å². The number of carbonyl (C=O) groups excluding carboxylic acids is 1. The van der Waals surface area contributed by atoms with E-state index in [9.17, 15) is 9.18 Å². The third-order valence-corrected chi connectivity index (χ3v) is 3.85. The number of carbonyl (C=O) groups is 1. The van der Waals surface area contributed by atoms with Crippen molar-refractivity contribution in [3.63, 3.8) is 0 Å². The fraction of sp³-hybridized carbons (Fsp3) is 0.429. The lowest BCUT2D eigenvalue weighted by molar-refractivity contribution is -0.125. The summed E-state index contributed by atoms with van der Waals surface area (Å²) < 4.78 is 15.8. The van der Waals surface area contributed by atoms with Gasteiger partial charge in [-0.3, -0.25) is 9.36 Å². The lowest BCUT2D eigenvalue weighted by Crippen LogP contribution is -2.43. The molecule has 3 N–H and O–H groups in total. The minimum Gasteiger partial charge on any atom is -0.369 e. The van der Waals surface area contributed by atoms with Crippen molar-refractivity contribution >= 4 is 45.5 Å². The lowest BCUT2D eigenvalue weighted by Gasteiger charge is -2.24. The molecule has 0 aliphatic heterocycles. The van der Waals surface area contributed by atoms with Crippen LogP contribution in [0.1, 0.15) is 33.7 Å². The Balaban J connectivity index is 2.48. The van der Waals surface area contributed by atoms with Crippen LogP contribution in [0.25, 0.3) is 11.0 Å². The number of anilines is 1. The standard InChI is InChI=1S/C14H18FIN4O/c1-7(12(21)19-14(2,3)4)20-11-5-8(15)9(16)6-10(11)18-13(20)17/h5-7H,1-4H3,(H2,17,18)(H,19,21). The van der Waals surface area contributed by atoms with Gasteiger partial charge >= 0.3 is 0 Å². The molecule has 1 unspecified atom stereocenters. The number of fused-ring (bicyclic) bond motifs is 1. The Morgan fingerprint density at radius 2 is 2.10 bits per heavy atom. The summed E-state index contributed by atoms with van der Waals surface area (Å²) in [6.07, 6.45) is 0. The van der Waals surface area contributed by atoms with E-state index in [-0.39, 0.29) is 23.2 Å². The number of nitrogens with two attached hydrogens (primary N) is 1. The maximum atomic E-state index is 13.8. The second-order valence-electron chi connectivity index (χ2n) is 6.01. The molecule has 21 heavy (non-hydrogen) atoms. The van der Waals surface area contributed by atoms with Crippen LogP contribution in [0.3, 0.4) is 0 Å². The van der Waals surface area contributed by atoms with E-state index in [1.165, 1.54) is 6.07 Å². The van der Waals surface area contributed by atoms with Gasteiger partial charge in [-0.05, 0) is 56.4 Å². The summed E-state index contributed by atoms with van der Waals surface area (Å²) in [7, 11) is 0. The number of nitrogens with zero attached hydrogens (tertiary/aromatic N) is 2. The van der Waals surface area contributed by atoms with E-state index in [0.29, 0.717) is 14.6 Å². The molecular weight excluding hydrogens is 386 g/mol. The van der Waals surface area contributed by atoms with Crippen molar-refractivity contribution in [3.8, 4) is 0 Å². The highest BCUT2D eigenvalue weighted by atomic mass is 127. The normalized spacial score (nSPS) is 13.4. The molecule has 0 fully saturated rings. The first-order valence-electron chi connectivity index (χ1n) is 6.54. The first kappa shape index (κ1) is 16.0. The Morgan fingerprint density at radius 3 is 2.67 bits per heavy atom. The molecule has 114 valence electrons. The minimum atomic E-state index is -0.575. The predicted octanol–water partition coefficient (Wildman–Crippen LogP) is 2.84. The Hall–Kier alpha value is -1.38. The quantitative estimate of drug-likeness (QED) is 0.757. The largest absolute Gasteiger partial charge is 0.369 e. The second kappa shape index (κ2) is 5.43. The molecule has 1 atom stereocenters. The molecule has 0 radical (unpaired) electrons. The molecule has 0 spiro atoms. The Morgan fingerprint density at radius 1 is 1.48 bits per heavy atom. The molecule has 5 nitrogen and oxygen atoms in total. The number of hydrogen-bond acceptors (Lipinski definition) is 3. The summed E-state index contributed by atoms with van der Waals surface area (Å²) in [6, 6.07) is 2.40. The van der Waals surface area contributed by atoms with Crippen molar-refractivity contribution in [2.24, 2.45) is 0 Å². The van der Waals surface area contributed by atoms with Gasteiger partial charge in [0.15, 0.2) is 0 Å². The van der Waals surface area contributed by atoms with Gasteiger partial charge in [-0.25, -0.2) is 9.37 Å². The number of rotatable bonds is 2. The number of amides is 1. The molecule has 2 rings (SSSR count). The van der Waals surface area contributed by atoms with Gasteiger partial charge in [0.25, 0.3) is 0 Å². The first-order valence-corrected chi connectivity index (χ1v) is 7.62. The smallest absolute Gasteiger partial charge is 0.243 e. The molecule has 0 bridgehead atoms. The molecule has 0 aliphatic rings. The molecule has 2 aromatic rings. The maximum absolute atomic E-state index is 13.8. The van der Waals surface area contributed by atoms with E-state index in [2.05, 4.69) is 10.3 Å². The fourth-order valence-corrected chi connectivity index (χ4v) is 2.56. The van der Waals surface area contributed by atoms with Gasteiger partial charge in [0, 0.05) is 11.6 Å². The summed E-state index contributed by atoms with van der Waals surface area (Å²) in [5, 5.41) is 2.89. The van der Waals surface area contributed by atoms with E-state index in [0.717, 1.165) is 0 Å². The van der Waals surface area contributed by atoms with Crippen molar-refractivity contribution in [3.05, 3.63) is 21.5 Å². The third kappa shape index (κ3) is 3.28. The van der Waals surface area contributed by atoms with Gasteiger partial charge in [0.2, 0.25) is 11.9 Å². The van der Waals surface area contributed by atoms with Gasteiger partial charge in [0.05, 0.1) is 14.6 Å². The summed E-state index contributed by atoms with van der Waals surface area (Å²) in [4.78, 5) is 16.5. The molecular formula is C14H18FIN4O. The highest BCUT2D eigenvalue weighted by molar-refractivity contribution is 14.1. The van der Waals surface area contributed by atoms with Crippen LogP contribution in [0.2, 0.25) is 0 Å². The summed E-state index contributed by atoms with van der Waals surface area (Å²) >= 11 is 1.90. The van der Waals surface area contributed by atoms with E-state index < -0.39 is 6.04 Å². The van der Waals surface area contributed by atoms with Crippen molar-refractivity contribution in [2.75, 3.05) is 5.73 Å². The topological polar surface area (TPSA) is 72.9 Å². The molecule has 7 heteroatoms. The highest BCUT2D eigenvalue weighted by Gasteiger charge is 2.24. The van der Waals surface area contributed by atoms with Gasteiger partial charge in [-0.15, -0.1) is 0 Å². The zero-order valence-corrected chi connectivity index (χ0v) is 14.5. The van der Waals surface area contributed by atoms with E-state index >= 15 is 0 Å². The molecule has 1 heterocycles. The van der Waals surface area contributed by atoms with Crippen LogP contribution in [0, 0.1) is 9.39 Å². The van der Waals surface area contributed by atoms with Gasteiger partial charge in [-0.1, -0.05) is 0 Å². The van der Waals surface area contributed by atoms with Gasteiger partial charge in [0.1, 0.15) is 11.9 Å². The monoisotopic (exact) mass is 404 g/mol. The predicted molar refractivity (Wildman–Crippen MR) is 89.4 cm³/mol. The number of nitrogen functional groups attached to an aromatic ring is 1. The SMILES string of the molecule is CC(C(=O)NC(C)(C)C)n1c(N)nc2cc(I)c(F)cc21. The highest BCUT2D eigenvalue weighted by Crippen LogP contribution is 2.26. The number of aromatic nitrogens is 2. The maximum Gasteiger partial charge on any atom is 0.243 e. The number of halogens is 2. The van der Waals surface area contributed by atoms with Gasteiger partial charge in [-0.2, -0.15) is 0 Å². The third-order valence-electron chi connectivity index (χ3n) is 3.02. The molecule has 0 saturated carbocycles. The van der Waals surface area contributed by atoms with Crippen LogP contribution >= 0.6 is 22.6 Å². The first-order chi connectivity index (χ1) is 9.60. The average molecular weight is 404 g/mol. The Bertz CT molecular complexity index is 705.